The van der Waals surface area contributed by atoms with Gasteiger partial charge in [-0.05, 0) is 36.5 Å². The Morgan fingerprint density at radius 2 is 2.04 bits per heavy atom. The predicted octanol–water partition coefficient (Wildman–Crippen LogP) is 5.21. The first kappa shape index (κ1) is 19.9. The molecule has 2 N–H and O–H groups in total. The zero-order chi connectivity index (χ0) is 19.4. The number of Topliss-reactive ketones (excluding diaryl/α,β-unsaturated/α-hetero) is 1. The number of aromatic hydroxyl groups is 1. The van der Waals surface area contributed by atoms with Crippen molar-refractivity contribution in [2.24, 2.45) is 16.8 Å². The maximum atomic E-state index is 12.8. The van der Waals surface area contributed by atoms with Crippen LogP contribution >= 0.6 is 11.6 Å². The average molecular weight is 391 g/mol. The monoisotopic (exact) mass is 390 g/mol. The molecule has 2 aliphatic rings. The third kappa shape index (κ3) is 4.70. The molecule has 0 aromatic heterocycles. The molecule has 2 unspecified atom stereocenters. The number of ketones is 1. The van der Waals surface area contributed by atoms with Gasteiger partial charge in [0, 0.05) is 12.1 Å². The number of nitrogens with one attached hydrogen (secondary N) is 1. The molecule has 1 fully saturated rings. The molecule has 1 aliphatic heterocycles. The number of carbonyl (C=O) groups is 2. The van der Waals surface area contributed by atoms with E-state index >= 15 is 0 Å². The number of nitrogens with zero attached hydrogens (tertiary/aromatic N) is 1. The van der Waals surface area contributed by atoms with Gasteiger partial charge in [0.25, 0.3) is 0 Å². The van der Waals surface area contributed by atoms with E-state index in [2.05, 4.69) is 10.3 Å². The maximum Gasteiger partial charge on any atom is 0.341 e. The van der Waals surface area contributed by atoms with Gasteiger partial charge < -0.3 is 10.4 Å². The van der Waals surface area contributed by atoms with Crippen LogP contribution in [0.15, 0.2) is 23.2 Å². The zero-order valence-corrected chi connectivity index (χ0v) is 16.5. The molecule has 1 aromatic rings. The van der Waals surface area contributed by atoms with Gasteiger partial charge in [-0.15, -0.1) is 0 Å². The molecule has 2 atom stereocenters. The normalized spacial score (nSPS) is 23.6. The molecule has 3 rings (SSSR count). The number of urea groups is 1. The van der Waals surface area contributed by atoms with Gasteiger partial charge in [0.2, 0.25) is 0 Å². The van der Waals surface area contributed by atoms with Crippen molar-refractivity contribution in [3.8, 4) is 5.75 Å². The number of amides is 2. The fourth-order valence-electron chi connectivity index (χ4n) is 4.26. The lowest BCUT2D eigenvalue weighted by Gasteiger charge is -2.32. The molecule has 2 amide bonds. The molecule has 0 radical (unpaired) electrons. The minimum atomic E-state index is -0.498. The second kappa shape index (κ2) is 8.87. The Morgan fingerprint density at radius 3 is 2.70 bits per heavy atom. The molecule has 1 aromatic carbocycles. The second-order valence-corrected chi connectivity index (χ2v) is 7.99. The van der Waals surface area contributed by atoms with Gasteiger partial charge in [0.05, 0.1) is 17.0 Å². The topological polar surface area (TPSA) is 78.8 Å². The van der Waals surface area contributed by atoms with Crippen molar-refractivity contribution >= 4 is 29.1 Å². The number of carbonyl (C=O) groups excluding carboxylic acids is 2. The van der Waals surface area contributed by atoms with E-state index < -0.39 is 18.0 Å². The largest absolute Gasteiger partial charge is 0.506 e. The van der Waals surface area contributed by atoms with E-state index in [0.29, 0.717) is 30.0 Å². The number of rotatable bonds is 6. The molecule has 1 saturated carbocycles. The summed E-state index contributed by atoms with van der Waals surface area (Å²) in [4.78, 5) is 29.2. The van der Waals surface area contributed by atoms with Crippen LogP contribution in [-0.2, 0) is 4.79 Å². The molecule has 0 bridgehead atoms. The standard InChI is InChI=1S/C21H27ClN2O3/c1-2-17(25)19-16(10-8-13-6-4-3-5-7-13)23-21(27)24-20(19)14-9-11-18(26)15(22)12-14/h9,11-13,19-20,26H,2-8,10H2,1H3,(H,24,27). The van der Waals surface area contributed by atoms with Crippen molar-refractivity contribution < 1.29 is 14.7 Å². The highest BCUT2D eigenvalue weighted by atomic mass is 35.5. The van der Waals surface area contributed by atoms with Gasteiger partial charge in [0.1, 0.15) is 11.5 Å². The minimum Gasteiger partial charge on any atom is -0.506 e. The van der Waals surface area contributed by atoms with E-state index in [0.717, 1.165) is 6.42 Å². The van der Waals surface area contributed by atoms with Crippen LogP contribution in [0.4, 0.5) is 4.79 Å². The number of benzene rings is 1. The van der Waals surface area contributed by atoms with E-state index in [1.54, 1.807) is 12.1 Å². The Kier molecular flexibility index (Phi) is 6.53. The summed E-state index contributed by atoms with van der Waals surface area (Å²) in [5.41, 5.74) is 1.40. The molecular weight excluding hydrogens is 364 g/mol. The van der Waals surface area contributed by atoms with Gasteiger partial charge in [-0.25, -0.2) is 9.79 Å². The van der Waals surface area contributed by atoms with Crippen molar-refractivity contribution in [3.63, 3.8) is 0 Å². The van der Waals surface area contributed by atoms with Crippen LogP contribution in [0, 0.1) is 11.8 Å². The smallest absolute Gasteiger partial charge is 0.341 e. The molecule has 6 heteroatoms. The Morgan fingerprint density at radius 1 is 1.30 bits per heavy atom. The Labute approximate surface area is 165 Å². The van der Waals surface area contributed by atoms with E-state index in [1.807, 2.05) is 6.92 Å². The average Bonchev–Trinajstić information content (AvgIpc) is 2.68. The maximum absolute atomic E-state index is 12.8. The Balaban J connectivity index is 1.85. The molecule has 0 spiro atoms. The quantitative estimate of drug-likeness (QED) is 0.700. The van der Waals surface area contributed by atoms with Crippen molar-refractivity contribution in [2.75, 3.05) is 0 Å². The van der Waals surface area contributed by atoms with Crippen LogP contribution in [0.1, 0.15) is 69.9 Å². The summed E-state index contributed by atoms with van der Waals surface area (Å²) in [7, 11) is 0. The molecule has 27 heavy (non-hydrogen) atoms. The highest BCUT2D eigenvalue weighted by Gasteiger charge is 2.37. The summed E-state index contributed by atoms with van der Waals surface area (Å²) < 4.78 is 0. The minimum absolute atomic E-state index is 0.0212. The first-order valence-corrected chi connectivity index (χ1v) is 10.3. The molecular formula is C21H27ClN2O3. The number of phenolic OH excluding ortho intramolecular Hbond substituents is 1. The lowest BCUT2D eigenvalue weighted by molar-refractivity contribution is -0.121. The first-order chi connectivity index (χ1) is 13.0. The molecule has 1 aliphatic carbocycles. The van der Waals surface area contributed by atoms with Crippen LogP contribution in [0.2, 0.25) is 5.02 Å². The van der Waals surface area contributed by atoms with E-state index in [-0.39, 0.29) is 16.6 Å². The van der Waals surface area contributed by atoms with Crippen LogP contribution in [0.5, 0.6) is 5.75 Å². The molecule has 1 heterocycles. The predicted molar refractivity (Wildman–Crippen MR) is 106 cm³/mol. The summed E-state index contributed by atoms with van der Waals surface area (Å²) in [6.45, 7) is 1.83. The van der Waals surface area contributed by atoms with Gasteiger partial charge in [-0.1, -0.05) is 56.7 Å². The fourth-order valence-corrected chi connectivity index (χ4v) is 4.45. The van der Waals surface area contributed by atoms with Crippen molar-refractivity contribution in [1.82, 2.24) is 5.32 Å². The van der Waals surface area contributed by atoms with Crippen molar-refractivity contribution in [3.05, 3.63) is 28.8 Å². The third-order valence-corrected chi connectivity index (χ3v) is 6.08. The molecule has 5 nitrogen and oxygen atoms in total. The SMILES string of the molecule is CCC(=O)C1C(CCC2CCCCC2)=NC(=O)NC1c1ccc(O)c(Cl)c1. The van der Waals surface area contributed by atoms with Crippen molar-refractivity contribution in [2.45, 2.75) is 64.3 Å². The van der Waals surface area contributed by atoms with Gasteiger partial charge in [0.15, 0.2) is 0 Å². The lowest BCUT2D eigenvalue weighted by atomic mass is 9.79. The van der Waals surface area contributed by atoms with Crippen LogP contribution < -0.4 is 5.32 Å². The summed E-state index contributed by atoms with van der Waals surface area (Å²) in [5, 5.41) is 12.7. The lowest BCUT2D eigenvalue weighted by Crippen LogP contribution is -2.44. The van der Waals surface area contributed by atoms with Crippen LogP contribution in [-0.4, -0.2) is 22.6 Å². The van der Waals surface area contributed by atoms with Gasteiger partial charge >= 0.3 is 6.03 Å². The summed E-state index contributed by atoms with van der Waals surface area (Å²) in [6.07, 6.45) is 8.32. The van der Waals surface area contributed by atoms with E-state index in [4.69, 9.17) is 11.6 Å². The van der Waals surface area contributed by atoms with E-state index in [9.17, 15) is 14.7 Å². The fraction of sp³-hybridized carbons (Fsp3) is 0.571. The third-order valence-electron chi connectivity index (χ3n) is 5.78. The summed E-state index contributed by atoms with van der Waals surface area (Å²) >= 11 is 6.05. The van der Waals surface area contributed by atoms with Crippen LogP contribution in [0.3, 0.4) is 0 Å². The number of hydrogen-bond acceptors (Lipinski definition) is 3. The summed E-state index contributed by atoms with van der Waals surface area (Å²) in [6, 6.07) is 3.89. The summed E-state index contributed by atoms with van der Waals surface area (Å²) in [5.74, 6) is 0.223. The highest BCUT2D eigenvalue weighted by molar-refractivity contribution is 6.32. The molecule has 0 saturated heterocycles. The van der Waals surface area contributed by atoms with Crippen molar-refractivity contribution in [1.29, 1.82) is 0 Å². The Hall–Kier alpha value is -1.88. The number of hydrogen-bond donors (Lipinski definition) is 2. The van der Waals surface area contributed by atoms with E-state index in [1.165, 1.54) is 38.2 Å². The number of phenols is 1. The zero-order valence-electron chi connectivity index (χ0n) is 15.7. The first-order valence-electron chi connectivity index (χ1n) is 9.88. The Bertz CT molecular complexity index is 741. The second-order valence-electron chi connectivity index (χ2n) is 7.58. The number of halogens is 1. The van der Waals surface area contributed by atoms with Crippen LogP contribution in [0.25, 0.3) is 0 Å². The highest BCUT2D eigenvalue weighted by Crippen LogP contribution is 2.35. The molecule has 146 valence electrons. The van der Waals surface area contributed by atoms with Gasteiger partial charge in [-0.2, -0.15) is 0 Å². The number of aliphatic imine (C=N–C) groups is 1. The van der Waals surface area contributed by atoms with Gasteiger partial charge in [-0.3, -0.25) is 4.79 Å².